The van der Waals surface area contributed by atoms with E-state index in [-0.39, 0.29) is 17.9 Å². The van der Waals surface area contributed by atoms with Gasteiger partial charge in [-0.3, -0.25) is 9.69 Å². The van der Waals surface area contributed by atoms with E-state index >= 15 is 0 Å². The maximum absolute atomic E-state index is 12.9. The predicted octanol–water partition coefficient (Wildman–Crippen LogP) is 2.17. The molecule has 3 aliphatic rings. The van der Waals surface area contributed by atoms with Gasteiger partial charge in [0.05, 0.1) is 12.0 Å². The first-order valence-corrected chi connectivity index (χ1v) is 10.7. The zero-order valence-corrected chi connectivity index (χ0v) is 16.2. The van der Waals surface area contributed by atoms with Crippen molar-refractivity contribution in [1.29, 1.82) is 0 Å². The van der Waals surface area contributed by atoms with E-state index in [2.05, 4.69) is 45.4 Å². The van der Waals surface area contributed by atoms with Crippen LogP contribution in [-0.2, 0) is 4.79 Å². The highest BCUT2D eigenvalue weighted by molar-refractivity contribution is 5.80. The Kier molecular flexibility index (Phi) is 6.11. The third-order valence-corrected chi connectivity index (χ3v) is 6.71. The quantitative estimate of drug-likeness (QED) is 0.753. The van der Waals surface area contributed by atoms with Crippen LogP contribution in [0.3, 0.4) is 0 Å². The number of benzene rings is 1. The van der Waals surface area contributed by atoms with Crippen molar-refractivity contribution in [2.24, 2.45) is 5.92 Å². The molecular weight excluding hydrogens is 338 g/mol. The zero-order chi connectivity index (χ0) is 18.6. The van der Waals surface area contributed by atoms with Gasteiger partial charge in [-0.2, -0.15) is 0 Å². The monoisotopic (exact) mass is 371 g/mol. The summed E-state index contributed by atoms with van der Waals surface area (Å²) >= 11 is 0. The molecule has 1 amide bonds. The van der Waals surface area contributed by atoms with Crippen molar-refractivity contribution < 1.29 is 9.90 Å². The Morgan fingerprint density at radius 2 is 1.89 bits per heavy atom. The molecule has 148 valence electrons. The van der Waals surface area contributed by atoms with Crippen molar-refractivity contribution in [3.05, 3.63) is 35.9 Å². The normalized spacial score (nSPS) is 29.7. The molecule has 27 heavy (non-hydrogen) atoms. The van der Waals surface area contributed by atoms with Crippen LogP contribution >= 0.6 is 0 Å². The average Bonchev–Trinajstić information content (AvgIpc) is 3.30. The van der Waals surface area contributed by atoms with Crippen molar-refractivity contribution in [1.82, 2.24) is 15.1 Å². The zero-order valence-electron chi connectivity index (χ0n) is 16.2. The number of aliphatic hydroxyl groups excluding tert-OH is 1. The topological polar surface area (TPSA) is 55.8 Å². The molecular formula is C22H33N3O2. The number of fused-ring (bicyclic) bond motifs is 1. The van der Waals surface area contributed by atoms with E-state index < -0.39 is 0 Å². The van der Waals surface area contributed by atoms with Gasteiger partial charge in [0.1, 0.15) is 0 Å². The molecule has 0 aliphatic carbocycles. The highest BCUT2D eigenvalue weighted by Crippen LogP contribution is 2.44. The lowest BCUT2D eigenvalue weighted by atomic mass is 9.93. The second-order valence-electron chi connectivity index (χ2n) is 8.43. The van der Waals surface area contributed by atoms with Gasteiger partial charge in [-0.15, -0.1) is 0 Å². The summed E-state index contributed by atoms with van der Waals surface area (Å²) in [7, 11) is 0. The first-order chi connectivity index (χ1) is 13.2. The van der Waals surface area contributed by atoms with Crippen molar-refractivity contribution in [3.63, 3.8) is 0 Å². The second kappa shape index (κ2) is 8.72. The first-order valence-electron chi connectivity index (χ1n) is 10.7. The van der Waals surface area contributed by atoms with Gasteiger partial charge in [0.2, 0.25) is 5.91 Å². The number of carbonyl (C=O) groups excluding carboxylic acids is 1. The Bertz CT molecular complexity index is 615. The Morgan fingerprint density at radius 1 is 1.11 bits per heavy atom. The van der Waals surface area contributed by atoms with Gasteiger partial charge in [-0.05, 0) is 57.2 Å². The number of amides is 1. The summed E-state index contributed by atoms with van der Waals surface area (Å²) in [5, 5.41) is 12.8. The van der Waals surface area contributed by atoms with Crippen LogP contribution in [0.2, 0.25) is 0 Å². The fraction of sp³-hybridized carbons (Fsp3) is 0.682. The molecule has 0 unspecified atom stereocenters. The molecule has 0 radical (unpaired) electrons. The lowest BCUT2D eigenvalue weighted by molar-refractivity contribution is -0.125. The number of piperidine rings is 1. The highest BCUT2D eigenvalue weighted by atomic mass is 16.3. The number of hydrogen-bond donors (Lipinski definition) is 2. The molecule has 3 heterocycles. The molecule has 1 aromatic rings. The van der Waals surface area contributed by atoms with Crippen LogP contribution in [0.1, 0.15) is 50.1 Å². The van der Waals surface area contributed by atoms with E-state index in [0.717, 1.165) is 64.8 Å². The number of carbonyl (C=O) groups is 1. The van der Waals surface area contributed by atoms with Crippen molar-refractivity contribution in [2.45, 2.75) is 56.7 Å². The summed E-state index contributed by atoms with van der Waals surface area (Å²) in [4.78, 5) is 17.8. The van der Waals surface area contributed by atoms with Crippen LogP contribution < -0.4 is 5.32 Å². The van der Waals surface area contributed by atoms with E-state index in [1.165, 1.54) is 12.0 Å². The Hall–Kier alpha value is -1.43. The van der Waals surface area contributed by atoms with Gasteiger partial charge in [0.15, 0.2) is 0 Å². The molecule has 1 aromatic carbocycles. The van der Waals surface area contributed by atoms with Gasteiger partial charge in [0.25, 0.3) is 0 Å². The number of nitrogens with one attached hydrogen (secondary N) is 1. The number of hydrogen-bond acceptors (Lipinski definition) is 4. The standard InChI is InChI=1S/C22H33N3O2/c26-18-9-14-24(15-10-18)12-5-11-23-22(27)19-16-21(17-6-2-1-3-7-17)25-13-4-8-20(19)25/h1-3,6-7,18-21,26H,4-5,8-16H2,(H,23,27)/t19-,20+,21-/m1/s1. The van der Waals surface area contributed by atoms with Crippen LogP contribution in [0.25, 0.3) is 0 Å². The Labute approximate surface area is 162 Å². The van der Waals surface area contributed by atoms with Gasteiger partial charge in [0, 0.05) is 31.7 Å². The largest absolute Gasteiger partial charge is 0.393 e. The van der Waals surface area contributed by atoms with Gasteiger partial charge < -0.3 is 15.3 Å². The van der Waals surface area contributed by atoms with Crippen LogP contribution in [-0.4, -0.2) is 65.7 Å². The highest BCUT2D eigenvalue weighted by Gasteiger charge is 2.46. The van der Waals surface area contributed by atoms with Crippen molar-refractivity contribution in [3.8, 4) is 0 Å². The SMILES string of the molecule is O=C(NCCCN1CCC(O)CC1)[C@@H]1C[C@H](c2ccccc2)N2CCC[C@@H]12. The summed E-state index contributed by atoms with van der Waals surface area (Å²) in [6.45, 7) is 4.85. The fourth-order valence-electron chi connectivity index (χ4n) is 5.24. The minimum atomic E-state index is -0.116. The van der Waals surface area contributed by atoms with Crippen LogP contribution in [0.15, 0.2) is 30.3 Å². The van der Waals surface area contributed by atoms with Crippen LogP contribution in [0, 0.1) is 5.92 Å². The third kappa shape index (κ3) is 4.36. The predicted molar refractivity (Wildman–Crippen MR) is 106 cm³/mol. The molecule has 0 spiro atoms. The minimum absolute atomic E-state index is 0.116. The van der Waals surface area contributed by atoms with E-state index in [1.807, 2.05) is 0 Å². The minimum Gasteiger partial charge on any atom is -0.393 e. The van der Waals surface area contributed by atoms with Crippen molar-refractivity contribution >= 4 is 5.91 Å². The summed E-state index contributed by atoms with van der Waals surface area (Å²) in [5.74, 6) is 0.377. The molecule has 3 fully saturated rings. The Balaban J connectivity index is 1.26. The summed E-state index contributed by atoms with van der Waals surface area (Å²) in [6.07, 6.45) is 5.95. The number of nitrogens with zero attached hydrogens (tertiary/aromatic N) is 2. The molecule has 5 heteroatoms. The fourth-order valence-corrected chi connectivity index (χ4v) is 5.24. The van der Waals surface area contributed by atoms with E-state index in [0.29, 0.717) is 12.1 Å². The van der Waals surface area contributed by atoms with E-state index in [9.17, 15) is 9.90 Å². The van der Waals surface area contributed by atoms with Crippen LogP contribution in [0.4, 0.5) is 0 Å². The van der Waals surface area contributed by atoms with Crippen molar-refractivity contribution in [2.75, 3.05) is 32.7 Å². The van der Waals surface area contributed by atoms with Crippen LogP contribution in [0.5, 0.6) is 0 Å². The van der Waals surface area contributed by atoms with E-state index in [4.69, 9.17) is 0 Å². The molecule has 4 rings (SSSR count). The maximum atomic E-state index is 12.9. The summed E-state index contributed by atoms with van der Waals surface area (Å²) in [6, 6.07) is 11.5. The number of likely N-dealkylation sites (tertiary alicyclic amines) is 1. The molecule has 3 aliphatic heterocycles. The van der Waals surface area contributed by atoms with Gasteiger partial charge in [-0.1, -0.05) is 30.3 Å². The molecule has 5 nitrogen and oxygen atoms in total. The van der Waals surface area contributed by atoms with Gasteiger partial charge >= 0.3 is 0 Å². The Morgan fingerprint density at radius 3 is 2.67 bits per heavy atom. The molecule has 3 saturated heterocycles. The molecule has 0 aromatic heterocycles. The van der Waals surface area contributed by atoms with E-state index in [1.54, 1.807) is 0 Å². The second-order valence-corrected chi connectivity index (χ2v) is 8.43. The number of rotatable bonds is 6. The molecule has 0 bridgehead atoms. The lowest BCUT2D eigenvalue weighted by Gasteiger charge is -2.29. The third-order valence-electron chi connectivity index (χ3n) is 6.71. The molecule has 0 saturated carbocycles. The smallest absolute Gasteiger partial charge is 0.224 e. The van der Waals surface area contributed by atoms with Gasteiger partial charge in [-0.25, -0.2) is 0 Å². The summed E-state index contributed by atoms with van der Waals surface area (Å²) in [5.41, 5.74) is 1.35. The number of aliphatic hydroxyl groups is 1. The lowest BCUT2D eigenvalue weighted by Crippen LogP contribution is -2.40. The first kappa shape index (κ1) is 18.9. The molecule has 3 atom stereocenters. The molecule has 2 N–H and O–H groups in total. The average molecular weight is 372 g/mol. The maximum Gasteiger partial charge on any atom is 0.224 e. The summed E-state index contributed by atoms with van der Waals surface area (Å²) < 4.78 is 0.